The van der Waals surface area contributed by atoms with Gasteiger partial charge in [0, 0.05) is 0 Å². The minimum absolute atomic E-state index is 0.486. The van der Waals surface area contributed by atoms with Crippen molar-refractivity contribution in [3.8, 4) is 0 Å². The second kappa shape index (κ2) is 2.18. The molecule has 3 nitrogen and oxygen atoms in total. The smallest absolute Gasteiger partial charge is 0.171 e. The zero-order chi connectivity index (χ0) is 6.85. The summed E-state index contributed by atoms with van der Waals surface area (Å²) < 4.78 is 23.7. The topological polar surface area (TPSA) is 38.7 Å². The van der Waals surface area contributed by atoms with E-state index in [1.54, 1.807) is 0 Å². The Morgan fingerprint density at radius 1 is 1.00 bits per heavy atom. The number of aromatic nitrogens is 3. The van der Waals surface area contributed by atoms with Crippen LogP contribution in [0.5, 0.6) is 0 Å². The third kappa shape index (κ3) is 1.53. The highest BCUT2D eigenvalue weighted by molar-refractivity contribution is 6.28. The van der Waals surface area contributed by atoms with Gasteiger partial charge in [-0.05, 0) is 11.6 Å². The molecule has 9 heavy (non-hydrogen) atoms. The monoisotopic (exact) mass is 151 g/mol. The van der Waals surface area contributed by atoms with Gasteiger partial charge in [-0.2, -0.15) is 23.7 Å². The molecule has 0 aliphatic heterocycles. The molecule has 48 valence electrons. The fourth-order valence-corrected chi connectivity index (χ4v) is 0.443. The van der Waals surface area contributed by atoms with E-state index in [0.29, 0.717) is 0 Å². The molecule has 0 aliphatic rings. The summed E-state index contributed by atoms with van der Waals surface area (Å²) in [6, 6.07) is 0. The maximum absolute atomic E-state index is 11.8. The summed E-state index contributed by atoms with van der Waals surface area (Å²) in [5.41, 5.74) is 0. The van der Waals surface area contributed by atoms with Crippen LogP contribution in [0, 0.1) is 12.2 Å². The van der Waals surface area contributed by atoms with Crippen LogP contribution in [0.2, 0.25) is 5.28 Å². The summed E-state index contributed by atoms with van der Waals surface area (Å²) >= 11 is 5.01. The van der Waals surface area contributed by atoms with E-state index in [2.05, 4.69) is 15.0 Å². The van der Waals surface area contributed by atoms with Crippen molar-refractivity contribution in [2.45, 2.75) is 0 Å². The highest BCUT2D eigenvalue weighted by Gasteiger charge is 2.00. The van der Waals surface area contributed by atoms with E-state index in [4.69, 9.17) is 11.6 Å². The fourth-order valence-electron chi connectivity index (χ4n) is 0.303. The van der Waals surface area contributed by atoms with Crippen molar-refractivity contribution in [2.24, 2.45) is 0 Å². The largest absolute Gasteiger partial charge is 0.315 e. The van der Waals surface area contributed by atoms with E-state index < -0.39 is 17.4 Å². The van der Waals surface area contributed by atoms with Gasteiger partial charge in [0.2, 0.25) is 5.28 Å². The second-order valence-electron chi connectivity index (χ2n) is 1.14. The van der Waals surface area contributed by atoms with E-state index in [-0.39, 0.29) is 0 Å². The molecule has 0 unspecified atom stereocenters. The first-order valence-electron chi connectivity index (χ1n) is 1.91. The van der Waals surface area contributed by atoms with Gasteiger partial charge in [-0.15, -0.1) is 0 Å². The zero-order valence-corrected chi connectivity index (χ0v) is 4.73. The van der Waals surface area contributed by atoms with Gasteiger partial charge >= 0.3 is 12.2 Å². The van der Waals surface area contributed by atoms with Gasteiger partial charge in [-0.3, -0.25) is 0 Å². The SMILES string of the molecule is Fc1nc(F)nc(Cl)n1. The van der Waals surface area contributed by atoms with E-state index in [9.17, 15) is 8.78 Å². The molecule has 1 aromatic rings. The summed E-state index contributed by atoms with van der Waals surface area (Å²) in [4.78, 5) is 8.34. The predicted molar refractivity (Wildman–Crippen MR) is 24.8 cm³/mol. The van der Waals surface area contributed by atoms with Crippen molar-refractivity contribution in [3.63, 3.8) is 0 Å². The third-order valence-electron chi connectivity index (χ3n) is 0.554. The molecule has 0 aliphatic carbocycles. The van der Waals surface area contributed by atoms with Crippen LogP contribution in [0.15, 0.2) is 0 Å². The molecule has 1 rings (SSSR count). The van der Waals surface area contributed by atoms with E-state index in [0.717, 1.165) is 0 Å². The van der Waals surface area contributed by atoms with Crippen LogP contribution in [0.4, 0.5) is 8.78 Å². The fraction of sp³-hybridized carbons (Fsp3) is 0. The number of nitrogens with zero attached hydrogens (tertiary/aromatic N) is 3. The van der Waals surface area contributed by atoms with Crippen molar-refractivity contribution >= 4 is 11.6 Å². The number of hydrogen-bond acceptors (Lipinski definition) is 3. The van der Waals surface area contributed by atoms with Crippen molar-refractivity contribution in [1.29, 1.82) is 0 Å². The standard InChI is InChI=1S/C3ClF2N3/c4-1-7-2(5)9-3(6)8-1. The zero-order valence-electron chi connectivity index (χ0n) is 3.98. The van der Waals surface area contributed by atoms with Crippen LogP contribution in [0.3, 0.4) is 0 Å². The maximum Gasteiger partial charge on any atom is 0.315 e. The lowest BCUT2D eigenvalue weighted by atomic mass is 11.0. The lowest BCUT2D eigenvalue weighted by Gasteiger charge is -1.86. The highest BCUT2D eigenvalue weighted by Crippen LogP contribution is 1.98. The van der Waals surface area contributed by atoms with Gasteiger partial charge < -0.3 is 0 Å². The summed E-state index contributed by atoms with van der Waals surface area (Å²) in [7, 11) is 0. The van der Waals surface area contributed by atoms with Crippen molar-refractivity contribution in [1.82, 2.24) is 15.0 Å². The highest BCUT2D eigenvalue weighted by atomic mass is 35.5. The second-order valence-corrected chi connectivity index (χ2v) is 1.48. The van der Waals surface area contributed by atoms with Gasteiger partial charge in [0.15, 0.2) is 0 Å². The molecule has 1 aromatic heterocycles. The van der Waals surface area contributed by atoms with Gasteiger partial charge in [-0.25, -0.2) is 0 Å². The molecular formula is C3ClF2N3. The lowest BCUT2D eigenvalue weighted by Crippen LogP contribution is -1.96. The third-order valence-corrected chi connectivity index (χ3v) is 0.723. The molecule has 0 aromatic carbocycles. The van der Waals surface area contributed by atoms with Crippen LogP contribution in [0.1, 0.15) is 0 Å². The molecule has 0 bridgehead atoms. The molecule has 0 saturated carbocycles. The minimum Gasteiger partial charge on any atom is -0.171 e. The Morgan fingerprint density at radius 2 is 1.44 bits per heavy atom. The Balaban J connectivity index is 3.17. The summed E-state index contributed by atoms with van der Waals surface area (Å²) in [5.74, 6) is 0. The van der Waals surface area contributed by atoms with Gasteiger partial charge in [0.05, 0.1) is 0 Å². The molecule has 6 heteroatoms. The quantitative estimate of drug-likeness (QED) is 0.551. The normalized spacial score (nSPS) is 9.67. The Bertz CT molecular complexity index is 178. The molecule has 0 spiro atoms. The Labute approximate surface area is 53.7 Å². The van der Waals surface area contributed by atoms with E-state index in [1.165, 1.54) is 0 Å². The van der Waals surface area contributed by atoms with Gasteiger partial charge in [-0.1, -0.05) is 0 Å². The molecule has 0 saturated heterocycles. The van der Waals surface area contributed by atoms with Crippen LogP contribution in [0.25, 0.3) is 0 Å². The molecule has 0 fully saturated rings. The molecular weight excluding hydrogens is 152 g/mol. The van der Waals surface area contributed by atoms with E-state index >= 15 is 0 Å². The Hall–Kier alpha value is -0.840. The average molecular weight is 152 g/mol. The van der Waals surface area contributed by atoms with Crippen molar-refractivity contribution < 1.29 is 8.78 Å². The molecule has 0 amide bonds. The molecule has 0 N–H and O–H groups in total. The van der Waals surface area contributed by atoms with Crippen LogP contribution < -0.4 is 0 Å². The lowest BCUT2D eigenvalue weighted by molar-refractivity contribution is 0.454. The van der Waals surface area contributed by atoms with Crippen molar-refractivity contribution in [2.75, 3.05) is 0 Å². The molecule has 1 heterocycles. The average Bonchev–Trinajstić information content (AvgIpc) is 1.59. The summed E-state index contributed by atoms with van der Waals surface area (Å²) in [6.07, 6.45) is -2.43. The number of rotatable bonds is 0. The summed E-state index contributed by atoms with van der Waals surface area (Å²) in [5, 5.41) is -0.486. The van der Waals surface area contributed by atoms with Gasteiger partial charge in [0.1, 0.15) is 0 Å². The molecule has 0 radical (unpaired) electrons. The minimum atomic E-state index is -1.22. The Morgan fingerprint density at radius 3 is 1.78 bits per heavy atom. The van der Waals surface area contributed by atoms with Crippen LogP contribution in [-0.4, -0.2) is 15.0 Å². The first kappa shape index (κ1) is 6.28. The Kier molecular flexibility index (Phi) is 1.52. The summed E-state index contributed by atoms with van der Waals surface area (Å²) in [6.45, 7) is 0. The first-order valence-corrected chi connectivity index (χ1v) is 2.29. The maximum atomic E-state index is 11.8. The van der Waals surface area contributed by atoms with E-state index in [1.807, 2.05) is 0 Å². The van der Waals surface area contributed by atoms with Gasteiger partial charge in [0.25, 0.3) is 0 Å². The number of hydrogen-bond donors (Lipinski definition) is 0. The molecule has 0 atom stereocenters. The number of halogens is 3. The van der Waals surface area contributed by atoms with Crippen molar-refractivity contribution in [3.05, 3.63) is 17.4 Å². The first-order chi connectivity index (χ1) is 4.18. The predicted octanol–water partition coefficient (Wildman–Crippen LogP) is 0.803. The van der Waals surface area contributed by atoms with Crippen LogP contribution in [-0.2, 0) is 0 Å². The van der Waals surface area contributed by atoms with Crippen LogP contribution >= 0.6 is 11.6 Å².